The van der Waals surface area contributed by atoms with Crippen molar-refractivity contribution in [3.05, 3.63) is 0 Å². The summed E-state index contributed by atoms with van der Waals surface area (Å²) in [6.07, 6.45) is 1.67. The molecule has 1 aliphatic heterocycles. The van der Waals surface area contributed by atoms with Crippen LogP contribution in [0.1, 0.15) is 32.6 Å². The van der Waals surface area contributed by atoms with Gasteiger partial charge in [0, 0.05) is 12.6 Å². The second kappa shape index (κ2) is 4.46. The van der Waals surface area contributed by atoms with Crippen LogP contribution in [0.5, 0.6) is 0 Å². The molecule has 4 nitrogen and oxygen atoms in total. The summed E-state index contributed by atoms with van der Waals surface area (Å²) in [4.78, 5) is 12.3. The third kappa shape index (κ3) is 2.59. The molecule has 0 saturated carbocycles. The molecular formula is C9H17NO3. The number of nitrogens with zero attached hydrogens (tertiary/aromatic N) is 1. The van der Waals surface area contributed by atoms with Crippen molar-refractivity contribution in [2.24, 2.45) is 0 Å². The fraction of sp³-hybridized carbons (Fsp3) is 0.889. The summed E-state index contributed by atoms with van der Waals surface area (Å²) in [6, 6.07) is -0.00463. The predicted octanol–water partition coefficient (Wildman–Crippen LogP) is 1.29. The number of rotatable bonds is 1. The SMILES string of the molecule is CCC1C[C@H](O)CCCN1C(=O)O. The van der Waals surface area contributed by atoms with Crippen LogP contribution in [0.3, 0.4) is 0 Å². The highest BCUT2D eigenvalue weighted by atomic mass is 16.4. The Hall–Kier alpha value is -0.770. The molecule has 76 valence electrons. The van der Waals surface area contributed by atoms with E-state index in [0.29, 0.717) is 13.0 Å². The van der Waals surface area contributed by atoms with Crippen LogP contribution in [0.15, 0.2) is 0 Å². The van der Waals surface area contributed by atoms with E-state index in [-0.39, 0.29) is 12.1 Å². The van der Waals surface area contributed by atoms with Crippen molar-refractivity contribution in [3.8, 4) is 0 Å². The maximum atomic E-state index is 10.8. The monoisotopic (exact) mass is 187 g/mol. The number of likely N-dealkylation sites (tertiary alicyclic amines) is 1. The molecule has 0 aromatic rings. The molecule has 0 radical (unpaired) electrons. The van der Waals surface area contributed by atoms with Crippen molar-refractivity contribution in [2.45, 2.75) is 44.8 Å². The van der Waals surface area contributed by atoms with Crippen LogP contribution in [0, 0.1) is 0 Å². The molecule has 2 atom stereocenters. The fourth-order valence-electron chi connectivity index (χ4n) is 1.88. The van der Waals surface area contributed by atoms with Gasteiger partial charge >= 0.3 is 6.09 Å². The second-order valence-electron chi connectivity index (χ2n) is 3.57. The molecule has 1 fully saturated rings. The largest absolute Gasteiger partial charge is 0.465 e. The summed E-state index contributed by atoms with van der Waals surface area (Å²) in [5, 5.41) is 18.4. The Kier molecular flexibility index (Phi) is 3.54. The average molecular weight is 187 g/mol. The highest BCUT2D eigenvalue weighted by Crippen LogP contribution is 2.19. The first kappa shape index (κ1) is 10.3. The molecule has 4 heteroatoms. The van der Waals surface area contributed by atoms with Crippen molar-refractivity contribution in [2.75, 3.05) is 6.54 Å². The lowest BCUT2D eigenvalue weighted by molar-refractivity contribution is 0.106. The minimum atomic E-state index is -0.860. The predicted molar refractivity (Wildman–Crippen MR) is 48.7 cm³/mol. The number of hydrogen-bond donors (Lipinski definition) is 2. The Labute approximate surface area is 78.2 Å². The third-order valence-corrected chi connectivity index (χ3v) is 2.64. The number of amides is 1. The minimum absolute atomic E-state index is 0.00463. The summed E-state index contributed by atoms with van der Waals surface area (Å²) in [6.45, 7) is 2.52. The van der Waals surface area contributed by atoms with Gasteiger partial charge in [0.15, 0.2) is 0 Å². The van der Waals surface area contributed by atoms with Crippen molar-refractivity contribution in [1.82, 2.24) is 4.90 Å². The lowest BCUT2D eigenvalue weighted by atomic mass is 10.1. The summed E-state index contributed by atoms with van der Waals surface area (Å²) >= 11 is 0. The van der Waals surface area contributed by atoms with Gasteiger partial charge in [-0.3, -0.25) is 0 Å². The molecule has 1 rings (SSSR count). The molecule has 1 unspecified atom stereocenters. The van der Waals surface area contributed by atoms with Gasteiger partial charge in [-0.05, 0) is 25.7 Å². The van der Waals surface area contributed by atoms with Crippen molar-refractivity contribution in [3.63, 3.8) is 0 Å². The van der Waals surface area contributed by atoms with Crippen molar-refractivity contribution < 1.29 is 15.0 Å². The van der Waals surface area contributed by atoms with Crippen LogP contribution in [0.2, 0.25) is 0 Å². The molecule has 0 aliphatic carbocycles. The first-order valence-electron chi connectivity index (χ1n) is 4.82. The van der Waals surface area contributed by atoms with Gasteiger partial charge < -0.3 is 15.1 Å². The highest BCUT2D eigenvalue weighted by Gasteiger charge is 2.26. The van der Waals surface area contributed by atoms with E-state index >= 15 is 0 Å². The zero-order chi connectivity index (χ0) is 9.84. The molecule has 0 aromatic carbocycles. The van der Waals surface area contributed by atoms with Gasteiger partial charge in [0.25, 0.3) is 0 Å². The summed E-state index contributed by atoms with van der Waals surface area (Å²) in [5.41, 5.74) is 0. The van der Waals surface area contributed by atoms with Crippen LogP contribution in [0.4, 0.5) is 4.79 Å². The molecule has 1 saturated heterocycles. The molecule has 0 spiro atoms. The molecule has 1 amide bonds. The van der Waals surface area contributed by atoms with Gasteiger partial charge in [0.1, 0.15) is 0 Å². The number of hydrogen-bond acceptors (Lipinski definition) is 2. The molecule has 13 heavy (non-hydrogen) atoms. The van der Waals surface area contributed by atoms with E-state index in [1.807, 2.05) is 6.92 Å². The standard InChI is InChI=1S/C9H17NO3/c1-2-7-6-8(11)4-3-5-10(7)9(12)13/h7-8,11H,2-6H2,1H3,(H,12,13)/t7?,8-/m1/s1. The quantitative estimate of drug-likeness (QED) is 0.650. The zero-order valence-electron chi connectivity index (χ0n) is 7.94. The van der Waals surface area contributed by atoms with E-state index in [1.165, 1.54) is 4.90 Å². The fourth-order valence-corrected chi connectivity index (χ4v) is 1.88. The Morgan fingerprint density at radius 2 is 2.31 bits per heavy atom. The lowest BCUT2D eigenvalue weighted by Gasteiger charge is -2.26. The maximum Gasteiger partial charge on any atom is 0.407 e. The van der Waals surface area contributed by atoms with E-state index < -0.39 is 6.09 Å². The first-order valence-corrected chi connectivity index (χ1v) is 4.82. The summed E-state index contributed by atoms with van der Waals surface area (Å²) in [7, 11) is 0. The van der Waals surface area contributed by atoms with Gasteiger partial charge in [0.2, 0.25) is 0 Å². The molecule has 2 N–H and O–H groups in total. The van der Waals surface area contributed by atoms with Gasteiger partial charge in [0.05, 0.1) is 6.10 Å². The maximum absolute atomic E-state index is 10.8. The molecule has 0 aromatic heterocycles. The Morgan fingerprint density at radius 1 is 1.62 bits per heavy atom. The Balaban J connectivity index is 2.64. The van der Waals surface area contributed by atoms with Crippen LogP contribution in [-0.2, 0) is 0 Å². The second-order valence-corrected chi connectivity index (χ2v) is 3.57. The normalized spacial score (nSPS) is 29.8. The number of carboxylic acid groups (broad SMARTS) is 1. The van der Waals surface area contributed by atoms with E-state index in [9.17, 15) is 9.90 Å². The summed E-state index contributed by atoms with van der Waals surface area (Å²) in [5.74, 6) is 0. The first-order chi connectivity index (χ1) is 6.15. The van der Waals surface area contributed by atoms with E-state index in [2.05, 4.69) is 0 Å². The van der Waals surface area contributed by atoms with Crippen LogP contribution >= 0.6 is 0 Å². The summed E-state index contributed by atoms with van der Waals surface area (Å²) < 4.78 is 0. The van der Waals surface area contributed by atoms with Crippen molar-refractivity contribution >= 4 is 6.09 Å². The van der Waals surface area contributed by atoms with Crippen LogP contribution < -0.4 is 0 Å². The van der Waals surface area contributed by atoms with Gasteiger partial charge in [-0.25, -0.2) is 4.79 Å². The zero-order valence-corrected chi connectivity index (χ0v) is 7.94. The number of carbonyl (C=O) groups is 1. The number of aliphatic hydroxyl groups is 1. The van der Waals surface area contributed by atoms with Crippen molar-refractivity contribution in [1.29, 1.82) is 0 Å². The molecular weight excluding hydrogens is 170 g/mol. The highest BCUT2D eigenvalue weighted by molar-refractivity contribution is 5.65. The average Bonchev–Trinajstić information content (AvgIpc) is 2.26. The van der Waals surface area contributed by atoms with E-state index in [0.717, 1.165) is 19.3 Å². The van der Waals surface area contributed by atoms with Crippen LogP contribution in [-0.4, -0.2) is 39.9 Å². The minimum Gasteiger partial charge on any atom is -0.465 e. The van der Waals surface area contributed by atoms with Gasteiger partial charge in [-0.15, -0.1) is 0 Å². The van der Waals surface area contributed by atoms with E-state index in [4.69, 9.17) is 5.11 Å². The molecule has 1 heterocycles. The topological polar surface area (TPSA) is 60.8 Å². The smallest absolute Gasteiger partial charge is 0.407 e. The molecule has 0 bridgehead atoms. The Bertz CT molecular complexity index is 184. The third-order valence-electron chi connectivity index (χ3n) is 2.64. The molecule has 1 aliphatic rings. The van der Waals surface area contributed by atoms with E-state index in [1.54, 1.807) is 0 Å². The van der Waals surface area contributed by atoms with Gasteiger partial charge in [-0.1, -0.05) is 6.92 Å². The van der Waals surface area contributed by atoms with Gasteiger partial charge in [-0.2, -0.15) is 0 Å². The number of aliphatic hydroxyl groups excluding tert-OH is 1. The lowest BCUT2D eigenvalue weighted by Crippen LogP contribution is -2.39. The Morgan fingerprint density at radius 3 is 2.85 bits per heavy atom. The van der Waals surface area contributed by atoms with Crippen LogP contribution in [0.25, 0.3) is 0 Å².